The van der Waals surface area contributed by atoms with Crippen molar-refractivity contribution in [2.45, 2.75) is 72.1 Å². The number of rotatable bonds is 9. The van der Waals surface area contributed by atoms with Crippen LogP contribution in [0.25, 0.3) is 5.78 Å². The average Bonchev–Trinajstić information content (AvgIpc) is 3.30. The Bertz CT molecular complexity index is 1240. The van der Waals surface area contributed by atoms with Gasteiger partial charge in [-0.05, 0) is 33.2 Å². The maximum atomic E-state index is 13.8. The standard InChI is InChI=1S/C25H43N7O6Si/c1-10-18-19(29-11-13-30(14-12-29)24(35)38-25(2,3)4)21(33)32-23(26-20(27-32)22(34)28(5)36-6)31(18)17-37-15-16-39(7,8)9/h10-17H2,1-9H3. The van der Waals surface area contributed by atoms with E-state index in [4.69, 9.17) is 14.3 Å². The second-order valence-electron chi connectivity index (χ2n) is 11.8. The Labute approximate surface area is 230 Å². The molecule has 13 nitrogen and oxygen atoms in total. The minimum Gasteiger partial charge on any atom is -0.444 e. The van der Waals surface area contributed by atoms with Crippen LogP contribution in [0.5, 0.6) is 0 Å². The van der Waals surface area contributed by atoms with Crippen LogP contribution >= 0.6 is 0 Å². The molecule has 218 valence electrons. The van der Waals surface area contributed by atoms with E-state index in [0.717, 1.165) is 21.3 Å². The molecule has 1 aliphatic heterocycles. The van der Waals surface area contributed by atoms with Crippen LogP contribution in [-0.4, -0.2) is 102 Å². The van der Waals surface area contributed by atoms with E-state index in [1.54, 1.807) is 4.90 Å². The Morgan fingerprint density at radius 1 is 1.10 bits per heavy atom. The lowest BCUT2D eigenvalue weighted by Crippen LogP contribution is -2.51. The van der Waals surface area contributed by atoms with E-state index in [2.05, 4.69) is 29.7 Å². The molecule has 0 aromatic carbocycles. The van der Waals surface area contributed by atoms with Crippen molar-refractivity contribution >= 4 is 31.5 Å². The molecule has 0 unspecified atom stereocenters. The van der Waals surface area contributed by atoms with Gasteiger partial charge in [-0.15, -0.1) is 5.10 Å². The summed E-state index contributed by atoms with van der Waals surface area (Å²) in [5.74, 6) is -0.493. The molecule has 0 N–H and O–H groups in total. The molecule has 0 atom stereocenters. The first-order chi connectivity index (χ1) is 18.2. The monoisotopic (exact) mass is 565 g/mol. The Morgan fingerprint density at radius 3 is 2.28 bits per heavy atom. The van der Waals surface area contributed by atoms with Gasteiger partial charge in [0.25, 0.3) is 5.56 Å². The SMILES string of the molecule is CCc1c(N2CCN(C(=O)OC(C)(C)C)CC2)c(=O)n2nc(C(=O)N(C)OC)nc2n1COCC[Si](C)(C)C. The molecule has 0 aliphatic carbocycles. The van der Waals surface area contributed by atoms with Gasteiger partial charge in [0.05, 0.1) is 12.8 Å². The predicted octanol–water partition coefficient (Wildman–Crippen LogP) is 2.46. The first-order valence-corrected chi connectivity index (χ1v) is 17.0. The summed E-state index contributed by atoms with van der Waals surface area (Å²) in [6, 6.07) is 0.986. The van der Waals surface area contributed by atoms with E-state index in [1.807, 2.05) is 37.2 Å². The van der Waals surface area contributed by atoms with Crippen molar-refractivity contribution in [1.29, 1.82) is 0 Å². The van der Waals surface area contributed by atoms with Gasteiger partial charge in [0, 0.05) is 47.9 Å². The summed E-state index contributed by atoms with van der Waals surface area (Å²) in [6.45, 7) is 16.7. The fraction of sp³-hybridized carbons (Fsp3) is 0.720. The summed E-state index contributed by atoms with van der Waals surface area (Å²) in [5, 5.41) is 5.27. The highest BCUT2D eigenvalue weighted by atomic mass is 28.3. The molecule has 1 aliphatic rings. The van der Waals surface area contributed by atoms with Gasteiger partial charge in [0.1, 0.15) is 18.0 Å². The molecule has 0 bridgehead atoms. The number of fused-ring (bicyclic) bond motifs is 1. The zero-order valence-electron chi connectivity index (χ0n) is 24.7. The van der Waals surface area contributed by atoms with E-state index < -0.39 is 19.6 Å². The van der Waals surface area contributed by atoms with Crippen LogP contribution in [0, 0.1) is 0 Å². The number of amides is 2. The second kappa shape index (κ2) is 12.0. The third-order valence-corrected chi connectivity index (χ3v) is 8.08. The van der Waals surface area contributed by atoms with Crippen molar-refractivity contribution in [1.82, 2.24) is 29.1 Å². The first-order valence-electron chi connectivity index (χ1n) is 13.3. The second-order valence-corrected chi connectivity index (χ2v) is 17.4. The van der Waals surface area contributed by atoms with E-state index in [0.29, 0.717) is 44.9 Å². The molecule has 3 rings (SSSR count). The zero-order chi connectivity index (χ0) is 29.1. The molecule has 39 heavy (non-hydrogen) atoms. The number of nitrogens with zero attached hydrogens (tertiary/aromatic N) is 7. The third kappa shape index (κ3) is 7.36. The molecular weight excluding hydrogens is 522 g/mol. The normalized spacial score (nSPS) is 14.7. The highest BCUT2D eigenvalue weighted by Crippen LogP contribution is 2.22. The van der Waals surface area contributed by atoms with Gasteiger partial charge in [-0.25, -0.2) is 9.86 Å². The fourth-order valence-electron chi connectivity index (χ4n) is 4.19. The Morgan fingerprint density at radius 2 is 1.74 bits per heavy atom. The van der Waals surface area contributed by atoms with Crippen molar-refractivity contribution in [3.63, 3.8) is 0 Å². The lowest BCUT2D eigenvalue weighted by atomic mass is 10.2. The number of hydrogen-bond acceptors (Lipinski definition) is 9. The summed E-state index contributed by atoms with van der Waals surface area (Å²) in [4.78, 5) is 52.2. The highest BCUT2D eigenvalue weighted by Gasteiger charge is 2.30. The van der Waals surface area contributed by atoms with Crippen molar-refractivity contribution in [3.05, 3.63) is 21.9 Å². The summed E-state index contributed by atoms with van der Waals surface area (Å²) in [7, 11) is 1.51. The van der Waals surface area contributed by atoms with E-state index in [-0.39, 0.29) is 30.0 Å². The Hall–Kier alpha value is -2.97. The third-order valence-electron chi connectivity index (χ3n) is 6.38. The van der Waals surface area contributed by atoms with Crippen LogP contribution in [-0.2, 0) is 27.5 Å². The van der Waals surface area contributed by atoms with Crippen LogP contribution in [0.2, 0.25) is 25.7 Å². The average molecular weight is 566 g/mol. The van der Waals surface area contributed by atoms with Crippen molar-refractivity contribution in [2.75, 3.05) is 51.8 Å². The fourth-order valence-corrected chi connectivity index (χ4v) is 4.94. The van der Waals surface area contributed by atoms with Gasteiger partial charge in [-0.1, -0.05) is 26.6 Å². The van der Waals surface area contributed by atoms with Gasteiger partial charge in [0.15, 0.2) is 0 Å². The number of hydroxylamine groups is 2. The number of anilines is 1. The number of carbonyl (C=O) groups is 2. The van der Waals surface area contributed by atoms with Crippen LogP contribution in [0.15, 0.2) is 4.79 Å². The summed E-state index contributed by atoms with van der Waals surface area (Å²) in [6.07, 6.45) is 0.155. The van der Waals surface area contributed by atoms with Gasteiger partial charge < -0.3 is 19.3 Å². The maximum absolute atomic E-state index is 13.8. The van der Waals surface area contributed by atoms with E-state index in [9.17, 15) is 14.4 Å². The molecule has 1 saturated heterocycles. The topological polar surface area (TPSA) is 124 Å². The number of piperazine rings is 1. The molecule has 14 heteroatoms. The van der Waals surface area contributed by atoms with E-state index >= 15 is 0 Å². The van der Waals surface area contributed by atoms with Crippen LogP contribution in [0.3, 0.4) is 0 Å². The number of hydrogen-bond donors (Lipinski definition) is 0. The van der Waals surface area contributed by atoms with Crippen molar-refractivity contribution < 1.29 is 23.9 Å². The first kappa shape index (κ1) is 30.6. The lowest BCUT2D eigenvalue weighted by molar-refractivity contribution is -0.0764. The molecule has 0 spiro atoms. The Balaban J connectivity index is 2.00. The molecule has 0 radical (unpaired) electrons. The lowest BCUT2D eigenvalue weighted by Gasteiger charge is -2.37. The maximum Gasteiger partial charge on any atom is 0.410 e. The van der Waals surface area contributed by atoms with Crippen molar-refractivity contribution in [3.8, 4) is 0 Å². The molecule has 2 aromatic heterocycles. The quantitative estimate of drug-likeness (QED) is 0.256. The van der Waals surface area contributed by atoms with Crippen molar-refractivity contribution in [2.24, 2.45) is 0 Å². The summed E-state index contributed by atoms with van der Waals surface area (Å²) in [5.41, 5.74) is 0.235. The minimum atomic E-state index is -1.31. The number of carbonyl (C=O) groups excluding carboxylic acids is 2. The van der Waals surface area contributed by atoms with Crippen LogP contribution in [0.4, 0.5) is 10.5 Å². The molecule has 2 amide bonds. The molecule has 1 fully saturated rings. The summed E-state index contributed by atoms with van der Waals surface area (Å²) >= 11 is 0. The van der Waals surface area contributed by atoms with E-state index in [1.165, 1.54) is 14.2 Å². The molecule has 2 aromatic rings. The minimum absolute atomic E-state index is 0.152. The van der Waals surface area contributed by atoms with Gasteiger partial charge in [-0.2, -0.15) is 9.50 Å². The van der Waals surface area contributed by atoms with Gasteiger partial charge in [-0.3, -0.25) is 19.0 Å². The molecule has 0 saturated carbocycles. The highest BCUT2D eigenvalue weighted by molar-refractivity contribution is 6.76. The zero-order valence-corrected chi connectivity index (χ0v) is 25.7. The van der Waals surface area contributed by atoms with Crippen LogP contribution in [0.1, 0.15) is 44.0 Å². The summed E-state index contributed by atoms with van der Waals surface area (Å²) < 4.78 is 14.6. The largest absolute Gasteiger partial charge is 0.444 e. The number of aromatic nitrogens is 4. The Kier molecular flexibility index (Phi) is 9.44. The molecule has 3 heterocycles. The van der Waals surface area contributed by atoms with Gasteiger partial charge >= 0.3 is 12.0 Å². The van der Waals surface area contributed by atoms with Gasteiger partial charge in [0.2, 0.25) is 11.6 Å². The smallest absolute Gasteiger partial charge is 0.410 e. The predicted molar refractivity (Wildman–Crippen MR) is 150 cm³/mol. The van der Waals surface area contributed by atoms with Crippen LogP contribution < -0.4 is 10.5 Å². The molecular formula is C25H43N7O6Si. The number of ether oxygens (including phenoxy) is 2.